The summed E-state index contributed by atoms with van der Waals surface area (Å²) in [7, 11) is 1.59. The average Bonchev–Trinajstić information content (AvgIpc) is 2.65. The van der Waals surface area contributed by atoms with Crippen LogP contribution in [0.4, 0.5) is 5.69 Å². The van der Waals surface area contributed by atoms with Crippen molar-refractivity contribution in [1.82, 2.24) is 10.9 Å². The molecular formula is C19H23N3O3S. The Morgan fingerprint density at radius 3 is 2.19 bits per heavy atom. The van der Waals surface area contributed by atoms with Gasteiger partial charge in [-0.15, -0.1) is 0 Å². The van der Waals surface area contributed by atoms with Gasteiger partial charge in [0.2, 0.25) is 0 Å². The molecule has 0 atom stereocenters. The van der Waals surface area contributed by atoms with Crippen molar-refractivity contribution in [3.05, 3.63) is 54.1 Å². The quantitative estimate of drug-likeness (QED) is 0.533. The summed E-state index contributed by atoms with van der Waals surface area (Å²) in [6.45, 7) is 4.14. The van der Waals surface area contributed by atoms with Gasteiger partial charge in [0.1, 0.15) is 11.5 Å². The number of ether oxygens (including phenoxy) is 2. The Balaban J connectivity index is 1.71. The van der Waals surface area contributed by atoms with Crippen LogP contribution in [-0.2, 0) is 4.79 Å². The van der Waals surface area contributed by atoms with Crippen molar-refractivity contribution < 1.29 is 14.3 Å². The molecule has 0 aliphatic carbocycles. The Labute approximate surface area is 158 Å². The average molecular weight is 373 g/mol. The zero-order chi connectivity index (χ0) is 18.9. The van der Waals surface area contributed by atoms with Gasteiger partial charge < -0.3 is 14.8 Å². The highest BCUT2D eigenvalue weighted by atomic mass is 32.1. The minimum absolute atomic E-state index is 0.134. The second-order valence-electron chi connectivity index (χ2n) is 5.87. The second-order valence-corrected chi connectivity index (χ2v) is 6.28. The zero-order valence-electron chi connectivity index (χ0n) is 15.0. The fourth-order valence-corrected chi connectivity index (χ4v) is 2.27. The Hall–Kier alpha value is -2.80. The van der Waals surface area contributed by atoms with Gasteiger partial charge in [-0.2, -0.15) is 0 Å². The largest absolute Gasteiger partial charge is 0.497 e. The van der Waals surface area contributed by atoms with Gasteiger partial charge in [0.25, 0.3) is 5.91 Å². The highest BCUT2D eigenvalue weighted by molar-refractivity contribution is 7.80. The van der Waals surface area contributed by atoms with Crippen molar-refractivity contribution in [2.45, 2.75) is 19.8 Å². The fraction of sp³-hybridized carbons (Fsp3) is 0.263. The molecule has 0 unspecified atom stereocenters. The summed E-state index contributed by atoms with van der Waals surface area (Å²) in [6, 6.07) is 14.9. The van der Waals surface area contributed by atoms with Crippen LogP contribution in [0.2, 0.25) is 0 Å². The lowest BCUT2D eigenvalue weighted by atomic mass is 10.0. The number of anilines is 1. The number of methoxy groups -OCH3 is 1. The molecule has 2 aromatic carbocycles. The molecule has 0 aromatic heterocycles. The summed E-state index contributed by atoms with van der Waals surface area (Å²) in [4.78, 5) is 11.8. The van der Waals surface area contributed by atoms with Gasteiger partial charge in [0.15, 0.2) is 11.7 Å². The molecule has 0 aliphatic heterocycles. The number of hydrazine groups is 1. The number of carbonyl (C=O) groups excluding carboxylic acids is 1. The number of nitrogens with one attached hydrogen (secondary N) is 3. The van der Waals surface area contributed by atoms with Crippen LogP contribution in [0.15, 0.2) is 48.5 Å². The molecule has 0 saturated heterocycles. The topological polar surface area (TPSA) is 71.6 Å². The van der Waals surface area contributed by atoms with Gasteiger partial charge in [-0.1, -0.05) is 26.0 Å². The van der Waals surface area contributed by atoms with Gasteiger partial charge in [0.05, 0.1) is 7.11 Å². The maximum absolute atomic E-state index is 11.8. The molecule has 6 nitrogen and oxygen atoms in total. The first-order valence-corrected chi connectivity index (χ1v) is 8.61. The van der Waals surface area contributed by atoms with Gasteiger partial charge in [-0.25, -0.2) is 0 Å². The second kappa shape index (κ2) is 9.62. The Morgan fingerprint density at radius 2 is 1.62 bits per heavy atom. The van der Waals surface area contributed by atoms with E-state index in [1.165, 1.54) is 5.56 Å². The third-order valence-corrected chi connectivity index (χ3v) is 3.78. The van der Waals surface area contributed by atoms with E-state index in [4.69, 9.17) is 21.7 Å². The van der Waals surface area contributed by atoms with Crippen LogP contribution in [0.1, 0.15) is 25.3 Å². The lowest BCUT2D eigenvalue weighted by molar-refractivity contribution is -0.123. The maximum Gasteiger partial charge on any atom is 0.276 e. The van der Waals surface area contributed by atoms with E-state index < -0.39 is 0 Å². The Bertz CT molecular complexity index is 731. The number of carbonyl (C=O) groups is 1. The van der Waals surface area contributed by atoms with Crippen LogP contribution < -0.4 is 25.6 Å². The molecule has 7 heteroatoms. The van der Waals surface area contributed by atoms with Crippen molar-refractivity contribution in [1.29, 1.82) is 0 Å². The summed E-state index contributed by atoms with van der Waals surface area (Å²) in [5.74, 6) is 1.42. The number of thiocarbonyl (C=S) groups is 1. The van der Waals surface area contributed by atoms with Crippen LogP contribution in [0.3, 0.4) is 0 Å². The molecule has 2 aromatic rings. The van der Waals surface area contributed by atoms with E-state index in [0.717, 1.165) is 11.4 Å². The van der Waals surface area contributed by atoms with E-state index in [1.807, 2.05) is 24.3 Å². The highest BCUT2D eigenvalue weighted by Crippen LogP contribution is 2.17. The highest BCUT2D eigenvalue weighted by Gasteiger charge is 2.05. The lowest BCUT2D eigenvalue weighted by Gasteiger charge is -2.13. The van der Waals surface area contributed by atoms with E-state index >= 15 is 0 Å². The molecular weight excluding hydrogens is 350 g/mol. The van der Waals surface area contributed by atoms with Crippen LogP contribution in [0, 0.1) is 0 Å². The number of hydrogen-bond acceptors (Lipinski definition) is 4. The number of amides is 1. The van der Waals surface area contributed by atoms with Crippen molar-refractivity contribution in [2.24, 2.45) is 0 Å². The summed E-state index contributed by atoms with van der Waals surface area (Å²) >= 11 is 5.15. The van der Waals surface area contributed by atoms with E-state index in [1.54, 1.807) is 31.4 Å². The van der Waals surface area contributed by atoms with Crippen molar-refractivity contribution in [3.8, 4) is 11.5 Å². The summed E-state index contributed by atoms with van der Waals surface area (Å²) in [5.41, 5.74) is 7.22. The minimum atomic E-state index is -0.347. The van der Waals surface area contributed by atoms with Gasteiger partial charge in [-0.05, 0) is 60.1 Å². The van der Waals surface area contributed by atoms with Crippen molar-refractivity contribution in [2.75, 3.05) is 19.0 Å². The predicted octanol–water partition coefficient (Wildman–Crippen LogP) is 3.22. The summed E-state index contributed by atoms with van der Waals surface area (Å²) in [5, 5.41) is 3.29. The standard InChI is InChI=1S/C19H23N3O3S/c1-13(2)14-4-6-15(7-5-14)20-19(26)22-21-18(23)12-25-17-10-8-16(24-3)9-11-17/h4-11,13H,12H2,1-3H3,(H,21,23)(H2,20,22,26). The van der Waals surface area contributed by atoms with E-state index in [9.17, 15) is 4.79 Å². The van der Waals surface area contributed by atoms with Crippen LogP contribution in [0.25, 0.3) is 0 Å². The SMILES string of the molecule is COc1ccc(OCC(=O)NNC(=S)Nc2ccc(C(C)C)cc2)cc1. The van der Waals surface area contributed by atoms with E-state index in [2.05, 4.69) is 30.0 Å². The molecule has 0 aliphatic rings. The first-order valence-electron chi connectivity index (χ1n) is 8.20. The predicted molar refractivity (Wildman–Crippen MR) is 107 cm³/mol. The smallest absolute Gasteiger partial charge is 0.276 e. The summed E-state index contributed by atoms with van der Waals surface area (Å²) in [6.07, 6.45) is 0. The Morgan fingerprint density at radius 1 is 1.00 bits per heavy atom. The van der Waals surface area contributed by atoms with Gasteiger partial charge >= 0.3 is 0 Å². The van der Waals surface area contributed by atoms with Crippen molar-refractivity contribution >= 4 is 28.9 Å². The third-order valence-electron chi connectivity index (χ3n) is 3.58. The molecule has 3 N–H and O–H groups in total. The number of benzene rings is 2. The molecule has 0 heterocycles. The molecule has 0 saturated carbocycles. The van der Waals surface area contributed by atoms with E-state index in [0.29, 0.717) is 16.8 Å². The number of hydrogen-bond donors (Lipinski definition) is 3. The number of rotatable bonds is 6. The van der Waals surface area contributed by atoms with Gasteiger partial charge in [-0.3, -0.25) is 15.6 Å². The first-order chi connectivity index (χ1) is 12.5. The zero-order valence-corrected chi connectivity index (χ0v) is 15.9. The maximum atomic E-state index is 11.8. The lowest BCUT2D eigenvalue weighted by Crippen LogP contribution is -2.45. The molecule has 0 fully saturated rings. The first kappa shape index (κ1) is 19.5. The third kappa shape index (κ3) is 6.25. The van der Waals surface area contributed by atoms with Crippen LogP contribution >= 0.6 is 12.2 Å². The molecule has 0 radical (unpaired) electrons. The molecule has 1 amide bonds. The molecule has 0 bridgehead atoms. The van der Waals surface area contributed by atoms with Crippen molar-refractivity contribution in [3.63, 3.8) is 0 Å². The molecule has 26 heavy (non-hydrogen) atoms. The van der Waals surface area contributed by atoms with Crippen LogP contribution in [0.5, 0.6) is 11.5 Å². The molecule has 2 rings (SSSR count). The normalized spacial score (nSPS) is 10.2. The van der Waals surface area contributed by atoms with Crippen LogP contribution in [-0.4, -0.2) is 24.7 Å². The molecule has 138 valence electrons. The fourth-order valence-electron chi connectivity index (χ4n) is 2.10. The Kier molecular flexibility index (Phi) is 7.23. The van der Waals surface area contributed by atoms with Gasteiger partial charge in [0, 0.05) is 5.69 Å². The van der Waals surface area contributed by atoms with E-state index in [-0.39, 0.29) is 12.5 Å². The summed E-state index contributed by atoms with van der Waals surface area (Å²) < 4.78 is 10.4. The molecule has 0 spiro atoms. The minimum Gasteiger partial charge on any atom is -0.497 e. The monoisotopic (exact) mass is 373 g/mol.